The molecule has 1 amide bonds. The molecule has 23 heavy (non-hydrogen) atoms. The number of thioether (sulfide) groups is 1. The SMILES string of the molecule is O=C(CSCc1nc2ccccc2s1)NCCc1ccccc1. The summed E-state index contributed by atoms with van der Waals surface area (Å²) in [5.41, 5.74) is 2.29. The van der Waals surface area contributed by atoms with Crippen LogP contribution in [-0.2, 0) is 17.0 Å². The number of para-hydroxylation sites is 1. The molecule has 1 heterocycles. The molecule has 0 spiro atoms. The van der Waals surface area contributed by atoms with Crippen LogP contribution in [0.2, 0.25) is 0 Å². The Morgan fingerprint density at radius 3 is 2.70 bits per heavy atom. The Labute approximate surface area is 144 Å². The molecular weight excluding hydrogens is 324 g/mol. The second kappa shape index (κ2) is 8.13. The van der Waals surface area contributed by atoms with Crippen molar-refractivity contribution in [3.8, 4) is 0 Å². The largest absolute Gasteiger partial charge is 0.355 e. The maximum absolute atomic E-state index is 11.8. The molecule has 1 N–H and O–H groups in total. The zero-order chi connectivity index (χ0) is 15.9. The number of carbonyl (C=O) groups is 1. The molecule has 118 valence electrons. The third-order valence-corrected chi connectivity index (χ3v) is 5.54. The summed E-state index contributed by atoms with van der Waals surface area (Å²) in [6, 6.07) is 18.3. The first-order valence-electron chi connectivity index (χ1n) is 7.54. The fraction of sp³-hybridized carbons (Fsp3) is 0.222. The Balaban J connectivity index is 1.37. The van der Waals surface area contributed by atoms with Gasteiger partial charge in [0.25, 0.3) is 0 Å². The predicted octanol–water partition coefficient (Wildman–Crippen LogP) is 3.89. The number of aromatic nitrogens is 1. The maximum atomic E-state index is 11.8. The summed E-state index contributed by atoms with van der Waals surface area (Å²) in [6.07, 6.45) is 0.870. The van der Waals surface area contributed by atoms with Gasteiger partial charge in [-0.15, -0.1) is 23.1 Å². The van der Waals surface area contributed by atoms with Gasteiger partial charge in [-0.1, -0.05) is 42.5 Å². The lowest BCUT2D eigenvalue weighted by atomic mass is 10.1. The van der Waals surface area contributed by atoms with Gasteiger partial charge in [0.05, 0.1) is 16.0 Å². The fourth-order valence-electron chi connectivity index (χ4n) is 2.25. The zero-order valence-corrected chi connectivity index (χ0v) is 14.3. The lowest BCUT2D eigenvalue weighted by Gasteiger charge is -2.04. The van der Waals surface area contributed by atoms with Crippen molar-refractivity contribution < 1.29 is 4.79 Å². The van der Waals surface area contributed by atoms with Crippen LogP contribution in [0.5, 0.6) is 0 Å². The molecule has 2 aromatic carbocycles. The van der Waals surface area contributed by atoms with Crippen molar-refractivity contribution in [2.75, 3.05) is 12.3 Å². The highest BCUT2D eigenvalue weighted by Gasteiger charge is 2.05. The average Bonchev–Trinajstić information content (AvgIpc) is 2.98. The van der Waals surface area contributed by atoms with E-state index in [1.54, 1.807) is 23.1 Å². The van der Waals surface area contributed by atoms with E-state index in [0.29, 0.717) is 12.3 Å². The van der Waals surface area contributed by atoms with E-state index in [1.807, 2.05) is 36.4 Å². The van der Waals surface area contributed by atoms with Crippen LogP contribution in [0.3, 0.4) is 0 Å². The van der Waals surface area contributed by atoms with Gasteiger partial charge in [0, 0.05) is 12.3 Å². The lowest BCUT2D eigenvalue weighted by molar-refractivity contribution is -0.118. The van der Waals surface area contributed by atoms with Gasteiger partial charge in [0.15, 0.2) is 0 Å². The van der Waals surface area contributed by atoms with E-state index >= 15 is 0 Å². The lowest BCUT2D eigenvalue weighted by Crippen LogP contribution is -2.27. The molecule has 0 bridgehead atoms. The molecule has 3 rings (SSSR count). The summed E-state index contributed by atoms with van der Waals surface area (Å²) in [5, 5.41) is 4.04. The second-order valence-corrected chi connectivity index (χ2v) is 7.25. The number of benzene rings is 2. The highest BCUT2D eigenvalue weighted by molar-refractivity contribution is 7.99. The first kappa shape index (κ1) is 16.0. The van der Waals surface area contributed by atoms with Gasteiger partial charge in [-0.25, -0.2) is 4.98 Å². The van der Waals surface area contributed by atoms with E-state index < -0.39 is 0 Å². The normalized spacial score (nSPS) is 10.8. The molecule has 0 saturated carbocycles. The molecule has 5 heteroatoms. The average molecular weight is 342 g/mol. The van der Waals surface area contributed by atoms with Gasteiger partial charge in [0.2, 0.25) is 5.91 Å². The molecule has 0 fully saturated rings. The van der Waals surface area contributed by atoms with Crippen molar-refractivity contribution in [2.24, 2.45) is 0 Å². The minimum atomic E-state index is 0.0899. The second-order valence-electron chi connectivity index (χ2n) is 5.15. The van der Waals surface area contributed by atoms with Crippen molar-refractivity contribution in [2.45, 2.75) is 12.2 Å². The molecule has 1 aromatic heterocycles. The van der Waals surface area contributed by atoms with Crippen molar-refractivity contribution in [1.82, 2.24) is 10.3 Å². The van der Waals surface area contributed by atoms with E-state index in [4.69, 9.17) is 0 Å². The Kier molecular flexibility index (Phi) is 5.66. The fourth-order valence-corrected chi connectivity index (χ4v) is 4.13. The third kappa shape index (κ3) is 4.81. The van der Waals surface area contributed by atoms with Crippen LogP contribution >= 0.6 is 23.1 Å². The van der Waals surface area contributed by atoms with Crippen LogP contribution in [0.4, 0.5) is 0 Å². The summed E-state index contributed by atoms with van der Waals surface area (Å²) in [7, 11) is 0. The molecule has 0 aliphatic rings. The van der Waals surface area contributed by atoms with Gasteiger partial charge in [-0.05, 0) is 24.1 Å². The Morgan fingerprint density at radius 1 is 1.09 bits per heavy atom. The number of thiazole rings is 1. The number of rotatable bonds is 7. The number of hydrogen-bond donors (Lipinski definition) is 1. The number of fused-ring (bicyclic) bond motifs is 1. The molecule has 0 saturated heterocycles. The predicted molar refractivity (Wildman–Crippen MR) is 98.9 cm³/mol. The van der Waals surface area contributed by atoms with Crippen LogP contribution in [0, 0.1) is 0 Å². The molecule has 3 nitrogen and oxygen atoms in total. The molecular formula is C18H18N2OS2. The Hall–Kier alpha value is -1.85. The standard InChI is InChI=1S/C18H18N2OS2/c21-17(19-11-10-14-6-2-1-3-7-14)12-22-13-18-20-15-8-4-5-9-16(15)23-18/h1-9H,10-13H2,(H,19,21). The van der Waals surface area contributed by atoms with Crippen LogP contribution in [0.15, 0.2) is 54.6 Å². The van der Waals surface area contributed by atoms with Crippen LogP contribution in [0.25, 0.3) is 10.2 Å². The zero-order valence-electron chi connectivity index (χ0n) is 12.7. The molecule has 0 radical (unpaired) electrons. The maximum Gasteiger partial charge on any atom is 0.230 e. The van der Waals surface area contributed by atoms with E-state index in [1.165, 1.54) is 10.3 Å². The summed E-state index contributed by atoms with van der Waals surface area (Å²) in [5.74, 6) is 1.35. The molecule has 0 aliphatic carbocycles. The smallest absolute Gasteiger partial charge is 0.230 e. The first-order valence-corrected chi connectivity index (χ1v) is 9.51. The van der Waals surface area contributed by atoms with Crippen LogP contribution in [0.1, 0.15) is 10.6 Å². The van der Waals surface area contributed by atoms with E-state index in [9.17, 15) is 4.79 Å². The van der Waals surface area contributed by atoms with E-state index in [2.05, 4.69) is 28.5 Å². The van der Waals surface area contributed by atoms with Crippen LogP contribution in [-0.4, -0.2) is 23.2 Å². The number of amides is 1. The number of carbonyl (C=O) groups excluding carboxylic acids is 1. The Bertz CT molecular complexity index is 738. The first-order chi connectivity index (χ1) is 11.3. The Morgan fingerprint density at radius 2 is 1.87 bits per heavy atom. The van der Waals surface area contributed by atoms with Gasteiger partial charge >= 0.3 is 0 Å². The highest BCUT2D eigenvalue weighted by atomic mass is 32.2. The van der Waals surface area contributed by atoms with E-state index in [0.717, 1.165) is 22.7 Å². The molecule has 0 unspecified atom stereocenters. The molecule has 0 aliphatic heterocycles. The van der Waals surface area contributed by atoms with Crippen molar-refractivity contribution in [3.63, 3.8) is 0 Å². The quantitative estimate of drug-likeness (QED) is 0.708. The van der Waals surface area contributed by atoms with Gasteiger partial charge < -0.3 is 5.32 Å². The monoisotopic (exact) mass is 342 g/mol. The van der Waals surface area contributed by atoms with Gasteiger partial charge in [-0.2, -0.15) is 0 Å². The molecule has 3 aromatic rings. The van der Waals surface area contributed by atoms with E-state index in [-0.39, 0.29) is 5.91 Å². The van der Waals surface area contributed by atoms with Gasteiger partial charge in [0.1, 0.15) is 5.01 Å². The third-order valence-electron chi connectivity index (χ3n) is 3.38. The van der Waals surface area contributed by atoms with Crippen LogP contribution < -0.4 is 5.32 Å². The number of nitrogens with zero attached hydrogens (tertiary/aromatic N) is 1. The summed E-state index contributed by atoms with van der Waals surface area (Å²) in [4.78, 5) is 16.4. The van der Waals surface area contributed by atoms with Gasteiger partial charge in [-0.3, -0.25) is 4.79 Å². The summed E-state index contributed by atoms with van der Waals surface area (Å²) >= 11 is 3.31. The van der Waals surface area contributed by atoms with Crippen molar-refractivity contribution in [1.29, 1.82) is 0 Å². The molecule has 0 atom stereocenters. The number of hydrogen-bond acceptors (Lipinski definition) is 4. The topological polar surface area (TPSA) is 42.0 Å². The van der Waals surface area contributed by atoms with Crippen molar-refractivity contribution >= 4 is 39.2 Å². The summed E-state index contributed by atoms with van der Waals surface area (Å²) in [6.45, 7) is 0.685. The number of nitrogens with one attached hydrogen (secondary N) is 1. The minimum absolute atomic E-state index is 0.0899. The highest BCUT2D eigenvalue weighted by Crippen LogP contribution is 2.24. The summed E-state index contributed by atoms with van der Waals surface area (Å²) < 4.78 is 1.20. The van der Waals surface area contributed by atoms with Crippen molar-refractivity contribution in [3.05, 3.63) is 65.2 Å². The minimum Gasteiger partial charge on any atom is -0.355 e.